The highest BCUT2D eigenvalue weighted by atomic mass is 19.1. The summed E-state index contributed by atoms with van der Waals surface area (Å²) in [6.07, 6.45) is 0.972. The molecule has 0 saturated heterocycles. The molecule has 0 radical (unpaired) electrons. The molecule has 17 heavy (non-hydrogen) atoms. The number of carbonyl (C=O) groups is 1. The van der Waals surface area contributed by atoms with Crippen LogP contribution < -0.4 is 0 Å². The van der Waals surface area contributed by atoms with Gasteiger partial charge in [-0.1, -0.05) is 0 Å². The lowest BCUT2D eigenvalue weighted by Gasteiger charge is -2.02. The third kappa shape index (κ3) is 2.28. The number of benzene rings is 1. The van der Waals surface area contributed by atoms with Crippen molar-refractivity contribution in [2.45, 2.75) is 0 Å². The molecule has 0 aliphatic rings. The molecule has 0 fully saturated rings. The fourth-order valence-electron chi connectivity index (χ4n) is 1.33. The molecule has 0 bridgehead atoms. The molecular formula is C12H7F2NO2. The van der Waals surface area contributed by atoms with E-state index in [0.29, 0.717) is 0 Å². The number of nitrogens with zero attached hydrogens (tertiary/aromatic N) is 1. The molecule has 3 nitrogen and oxygen atoms in total. The summed E-state index contributed by atoms with van der Waals surface area (Å²) in [5.41, 5.74) is -0.280. The Labute approximate surface area is 95.4 Å². The van der Waals surface area contributed by atoms with Gasteiger partial charge in [0.1, 0.15) is 17.3 Å². The molecule has 2 rings (SSSR count). The summed E-state index contributed by atoms with van der Waals surface area (Å²) in [5.74, 6) is -2.43. The van der Waals surface area contributed by atoms with Gasteiger partial charge in [-0.25, -0.2) is 13.8 Å². The molecule has 1 heterocycles. The van der Waals surface area contributed by atoms with Crippen molar-refractivity contribution < 1.29 is 18.7 Å². The van der Waals surface area contributed by atoms with Crippen molar-refractivity contribution in [3.8, 4) is 5.75 Å². The van der Waals surface area contributed by atoms with Crippen molar-refractivity contribution >= 4 is 5.78 Å². The predicted octanol–water partition coefficient (Wildman–Crippen LogP) is 2.30. The second kappa shape index (κ2) is 4.29. The lowest BCUT2D eigenvalue weighted by Crippen LogP contribution is -2.06. The molecule has 5 heteroatoms. The topological polar surface area (TPSA) is 50.2 Å². The molecule has 0 atom stereocenters. The Kier molecular flexibility index (Phi) is 2.82. The highest BCUT2D eigenvalue weighted by Gasteiger charge is 2.16. The minimum absolute atomic E-state index is 0.128. The summed E-state index contributed by atoms with van der Waals surface area (Å²) in [7, 11) is 0. The standard InChI is InChI=1S/C12H7F2NO2/c13-8-3-1-7(2-4-8)12(17)11-10(14)5-9(16)6-15-11/h1-6,16H. The number of hydrogen-bond acceptors (Lipinski definition) is 3. The number of hydrogen-bond donors (Lipinski definition) is 1. The maximum absolute atomic E-state index is 13.3. The molecule has 1 aromatic carbocycles. The zero-order chi connectivity index (χ0) is 12.4. The fourth-order valence-corrected chi connectivity index (χ4v) is 1.33. The molecule has 0 aliphatic heterocycles. The zero-order valence-electron chi connectivity index (χ0n) is 8.52. The first-order valence-corrected chi connectivity index (χ1v) is 4.72. The van der Waals surface area contributed by atoms with E-state index < -0.39 is 23.1 Å². The van der Waals surface area contributed by atoms with E-state index >= 15 is 0 Å². The van der Waals surface area contributed by atoms with Gasteiger partial charge >= 0.3 is 0 Å². The van der Waals surface area contributed by atoms with E-state index in [4.69, 9.17) is 5.11 Å². The van der Waals surface area contributed by atoms with Crippen molar-refractivity contribution in [1.82, 2.24) is 4.98 Å². The van der Waals surface area contributed by atoms with E-state index in [1.54, 1.807) is 0 Å². The average Bonchev–Trinajstić information content (AvgIpc) is 2.29. The first kappa shape index (κ1) is 11.2. The predicted molar refractivity (Wildman–Crippen MR) is 55.7 cm³/mol. The first-order chi connectivity index (χ1) is 8.08. The van der Waals surface area contributed by atoms with Gasteiger partial charge in [-0.2, -0.15) is 0 Å². The highest BCUT2D eigenvalue weighted by Crippen LogP contribution is 2.15. The molecular weight excluding hydrogens is 228 g/mol. The Morgan fingerprint density at radius 2 is 1.82 bits per heavy atom. The molecule has 2 aromatic rings. The Morgan fingerprint density at radius 3 is 2.41 bits per heavy atom. The molecule has 0 amide bonds. The van der Waals surface area contributed by atoms with Crippen molar-refractivity contribution in [3.05, 3.63) is 59.4 Å². The number of halogens is 2. The van der Waals surface area contributed by atoms with Crippen LogP contribution in [0.1, 0.15) is 16.1 Å². The maximum atomic E-state index is 13.3. The van der Waals surface area contributed by atoms with Crippen molar-refractivity contribution in [2.75, 3.05) is 0 Å². The van der Waals surface area contributed by atoms with Crippen LogP contribution in [-0.4, -0.2) is 15.9 Å². The largest absolute Gasteiger partial charge is 0.506 e. The summed E-state index contributed by atoms with van der Waals surface area (Å²) in [5, 5.41) is 8.96. The Bertz CT molecular complexity index is 567. The third-order valence-electron chi connectivity index (χ3n) is 2.15. The van der Waals surface area contributed by atoms with Crippen LogP contribution >= 0.6 is 0 Å². The minimum atomic E-state index is -0.917. The average molecular weight is 235 g/mol. The van der Waals surface area contributed by atoms with Crippen LogP contribution in [0.25, 0.3) is 0 Å². The van der Waals surface area contributed by atoms with Crippen LogP contribution in [0.5, 0.6) is 5.75 Å². The highest BCUT2D eigenvalue weighted by molar-refractivity contribution is 6.07. The van der Waals surface area contributed by atoms with Gasteiger partial charge in [0.25, 0.3) is 0 Å². The van der Waals surface area contributed by atoms with Crippen LogP contribution in [-0.2, 0) is 0 Å². The summed E-state index contributed by atoms with van der Waals surface area (Å²) >= 11 is 0. The van der Waals surface area contributed by atoms with Gasteiger partial charge in [0.2, 0.25) is 5.78 Å². The number of rotatable bonds is 2. The quantitative estimate of drug-likeness (QED) is 0.812. The summed E-state index contributed by atoms with van der Waals surface area (Å²) in [6.45, 7) is 0. The van der Waals surface area contributed by atoms with Crippen LogP contribution in [0.4, 0.5) is 8.78 Å². The van der Waals surface area contributed by atoms with Crippen molar-refractivity contribution in [1.29, 1.82) is 0 Å². The van der Waals surface area contributed by atoms with Crippen LogP contribution in [0.2, 0.25) is 0 Å². The van der Waals surface area contributed by atoms with Gasteiger partial charge in [0.15, 0.2) is 5.82 Å². The lowest BCUT2D eigenvalue weighted by molar-refractivity contribution is 0.103. The summed E-state index contributed by atoms with van der Waals surface area (Å²) < 4.78 is 26.0. The molecule has 1 aromatic heterocycles. The molecule has 0 saturated carbocycles. The van der Waals surface area contributed by atoms with Gasteiger partial charge < -0.3 is 5.11 Å². The second-order valence-corrected chi connectivity index (χ2v) is 3.36. The first-order valence-electron chi connectivity index (χ1n) is 4.72. The van der Waals surface area contributed by atoms with E-state index in [1.807, 2.05) is 0 Å². The van der Waals surface area contributed by atoms with Gasteiger partial charge in [0, 0.05) is 11.6 Å². The zero-order valence-corrected chi connectivity index (χ0v) is 8.52. The molecule has 0 spiro atoms. The van der Waals surface area contributed by atoms with E-state index in [2.05, 4.69) is 4.98 Å². The SMILES string of the molecule is O=C(c1ccc(F)cc1)c1ncc(O)cc1F. The number of aromatic nitrogens is 1. The van der Waals surface area contributed by atoms with Crippen molar-refractivity contribution in [3.63, 3.8) is 0 Å². The molecule has 0 aliphatic carbocycles. The molecule has 0 unspecified atom stereocenters. The summed E-state index contributed by atoms with van der Waals surface area (Å²) in [4.78, 5) is 15.3. The number of carbonyl (C=O) groups excluding carboxylic acids is 1. The van der Waals surface area contributed by atoms with E-state index in [-0.39, 0.29) is 11.3 Å². The maximum Gasteiger partial charge on any atom is 0.214 e. The second-order valence-electron chi connectivity index (χ2n) is 3.36. The van der Waals surface area contributed by atoms with Gasteiger partial charge in [-0.05, 0) is 24.3 Å². The minimum Gasteiger partial charge on any atom is -0.506 e. The molecule has 1 N–H and O–H groups in total. The van der Waals surface area contributed by atoms with E-state index in [0.717, 1.165) is 24.4 Å². The van der Waals surface area contributed by atoms with Crippen LogP contribution in [0, 0.1) is 11.6 Å². The fraction of sp³-hybridized carbons (Fsp3) is 0. The van der Waals surface area contributed by atoms with Gasteiger partial charge in [-0.15, -0.1) is 0 Å². The smallest absolute Gasteiger partial charge is 0.214 e. The van der Waals surface area contributed by atoms with E-state index in [1.165, 1.54) is 12.1 Å². The van der Waals surface area contributed by atoms with E-state index in [9.17, 15) is 13.6 Å². The Hall–Kier alpha value is -2.30. The normalized spacial score (nSPS) is 10.2. The van der Waals surface area contributed by atoms with Crippen LogP contribution in [0.3, 0.4) is 0 Å². The number of pyridine rings is 1. The Morgan fingerprint density at radius 1 is 1.18 bits per heavy atom. The van der Waals surface area contributed by atoms with Gasteiger partial charge in [0.05, 0.1) is 6.20 Å². The van der Waals surface area contributed by atoms with Gasteiger partial charge in [-0.3, -0.25) is 4.79 Å². The lowest BCUT2D eigenvalue weighted by atomic mass is 10.1. The van der Waals surface area contributed by atoms with Crippen molar-refractivity contribution in [2.24, 2.45) is 0 Å². The molecule has 86 valence electrons. The third-order valence-corrected chi connectivity index (χ3v) is 2.15. The number of aromatic hydroxyl groups is 1. The summed E-state index contributed by atoms with van der Waals surface area (Å²) in [6, 6.07) is 5.48. The Balaban J connectivity index is 2.40. The number of ketones is 1. The van der Waals surface area contributed by atoms with Crippen LogP contribution in [0.15, 0.2) is 36.5 Å². The monoisotopic (exact) mass is 235 g/mol.